The molecule has 0 aliphatic heterocycles. The highest BCUT2D eigenvalue weighted by molar-refractivity contribution is 7.99. The lowest BCUT2D eigenvalue weighted by atomic mass is 10.1. The second-order valence-electron chi connectivity index (χ2n) is 8.00. The van der Waals surface area contributed by atoms with Gasteiger partial charge in [-0.05, 0) is 92.2 Å². The molecule has 0 aliphatic carbocycles. The van der Waals surface area contributed by atoms with Crippen molar-refractivity contribution in [2.75, 3.05) is 60.0 Å². The van der Waals surface area contributed by atoms with E-state index in [2.05, 4.69) is 53.7 Å². The number of allylic oxidation sites excluding steroid dienone is 1. The van der Waals surface area contributed by atoms with Gasteiger partial charge >= 0.3 is 0 Å². The normalized spacial score (nSPS) is 9.32. The van der Waals surface area contributed by atoms with Crippen LogP contribution in [0, 0.1) is 0 Å². The maximum absolute atomic E-state index is 11.7. The monoisotopic (exact) mass is 630 g/mol. The Hall–Kier alpha value is -1.56. The van der Waals surface area contributed by atoms with Crippen molar-refractivity contribution in [3.05, 3.63) is 36.5 Å². The van der Waals surface area contributed by atoms with Crippen molar-refractivity contribution in [2.45, 2.75) is 51.9 Å². The maximum Gasteiger partial charge on any atom is 0.164 e. The molecule has 40 heavy (non-hydrogen) atoms. The van der Waals surface area contributed by atoms with E-state index in [0.29, 0.717) is 30.6 Å². The average molecular weight is 631 g/mol. The third kappa shape index (κ3) is 32.7. The van der Waals surface area contributed by atoms with Crippen LogP contribution in [0.2, 0.25) is 0 Å². The van der Waals surface area contributed by atoms with Crippen LogP contribution in [-0.2, 0) is 9.59 Å². The third-order valence-electron chi connectivity index (χ3n) is 4.61. The zero-order valence-electron chi connectivity index (χ0n) is 25.1. The fourth-order valence-electron chi connectivity index (χ4n) is 2.43. The number of anilines is 1. The molecule has 1 aromatic rings. The summed E-state index contributed by atoms with van der Waals surface area (Å²) < 4.78 is 0. The molecule has 0 saturated carbocycles. The molecular formula is C29H50N4O3S4. The number of rotatable bonds is 20. The lowest BCUT2D eigenvalue weighted by Gasteiger charge is -2.02. The van der Waals surface area contributed by atoms with Crippen molar-refractivity contribution in [3.8, 4) is 0 Å². The first-order valence-corrected chi connectivity index (χ1v) is 18.6. The van der Waals surface area contributed by atoms with Gasteiger partial charge < -0.3 is 0 Å². The molecule has 0 unspecified atom stereocenters. The fourth-order valence-corrected chi connectivity index (χ4v) is 4.30. The maximum atomic E-state index is 11.7. The van der Waals surface area contributed by atoms with Gasteiger partial charge in [-0.1, -0.05) is 19.9 Å². The van der Waals surface area contributed by atoms with E-state index in [9.17, 15) is 14.4 Å². The lowest BCUT2D eigenvalue weighted by Crippen LogP contribution is -2.02. The Morgan fingerprint density at radius 2 is 1.45 bits per heavy atom. The Bertz CT molecular complexity index is 790. The van der Waals surface area contributed by atoms with E-state index in [4.69, 9.17) is 0 Å². The number of hydrogen-bond donors (Lipinski definition) is 1. The number of hydrogen-bond acceptors (Lipinski definition) is 11. The summed E-state index contributed by atoms with van der Waals surface area (Å²) in [5, 5.41) is 3.49. The van der Waals surface area contributed by atoms with Crippen LogP contribution in [0.1, 0.15) is 62.2 Å². The van der Waals surface area contributed by atoms with E-state index >= 15 is 0 Å². The van der Waals surface area contributed by atoms with Gasteiger partial charge in [-0.2, -0.15) is 52.1 Å². The number of carbonyl (C=O) groups excluding carboxylic acids is 3. The summed E-state index contributed by atoms with van der Waals surface area (Å²) in [6.45, 7) is 12.4. The Labute approximate surface area is 260 Å². The summed E-state index contributed by atoms with van der Waals surface area (Å²) in [5.74, 6) is 5.38. The number of carbonyl (C=O) groups is 3. The highest BCUT2D eigenvalue weighted by Crippen LogP contribution is 2.09. The number of unbranched alkanes of at least 4 members (excludes halogenated alkanes) is 1. The van der Waals surface area contributed by atoms with Gasteiger partial charge in [-0.3, -0.25) is 24.8 Å². The van der Waals surface area contributed by atoms with Gasteiger partial charge in [0.05, 0.1) is 6.54 Å². The first-order valence-electron chi connectivity index (χ1n) is 13.1. The molecule has 1 aromatic heterocycles. The molecule has 228 valence electrons. The van der Waals surface area contributed by atoms with Crippen LogP contribution < -0.4 is 5.43 Å². The van der Waals surface area contributed by atoms with Gasteiger partial charge in [-0.15, -0.1) is 0 Å². The Morgan fingerprint density at radius 3 is 1.88 bits per heavy atom. The minimum atomic E-state index is 0.139. The summed E-state index contributed by atoms with van der Waals surface area (Å²) >= 11 is 7.12. The highest BCUT2D eigenvalue weighted by atomic mass is 32.2. The largest absolute Gasteiger partial charge is 0.298 e. The molecule has 0 saturated heterocycles. The molecule has 7 nitrogen and oxygen atoms in total. The van der Waals surface area contributed by atoms with Crippen LogP contribution in [0.3, 0.4) is 0 Å². The SMILES string of the molecule is C=CC(=O)CCCSC.C=NCC(=O)CCSC.C=NNc1ccc(C(=O)CCCSC)cn1.CCCCSC. The molecule has 0 amide bonds. The molecule has 11 heteroatoms. The average Bonchev–Trinajstić information content (AvgIpc) is 2.97. The van der Waals surface area contributed by atoms with Crippen LogP contribution in [0.25, 0.3) is 0 Å². The molecule has 0 aliphatic rings. The number of pyridine rings is 1. The highest BCUT2D eigenvalue weighted by Gasteiger charge is 2.05. The molecule has 0 atom stereocenters. The van der Waals surface area contributed by atoms with Gasteiger partial charge in [-0.25, -0.2) is 4.98 Å². The van der Waals surface area contributed by atoms with E-state index in [-0.39, 0.29) is 23.9 Å². The standard InChI is InChI=1S/C11H15N3OS.C7H12OS.C6H11NOS.C5H12S/c1-12-14-11-6-5-9(8-13-11)10(15)4-3-7-16-2;1-3-7(8)5-4-6-9-2;1-7-5-6(8)3-4-9-2;1-3-4-5-6-2/h5-6,8H,1,3-4,7H2,2H3,(H,13,14);3H,1,4-6H2,2H3;1,3-5H2,2H3;3-5H2,1-2H3. The first-order chi connectivity index (χ1) is 19.3. The summed E-state index contributed by atoms with van der Waals surface area (Å²) in [4.78, 5) is 40.4. The number of nitrogens with zero attached hydrogens (tertiary/aromatic N) is 3. The van der Waals surface area contributed by atoms with Gasteiger partial charge in [0.1, 0.15) is 5.82 Å². The number of Topliss-reactive ketones (excluding diaryl/α,β-unsaturated/α-hetero) is 2. The zero-order chi connectivity index (χ0) is 30.9. The quantitative estimate of drug-likeness (QED) is 0.0517. The molecule has 1 N–H and O–H groups in total. The van der Waals surface area contributed by atoms with E-state index in [0.717, 1.165) is 30.1 Å². The molecular weight excluding hydrogens is 581 g/mol. The molecule has 1 rings (SSSR count). The number of hydrazone groups is 1. The molecule has 0 spiro atoms. The number of thioether (sulfide) groups is 4. The lowest BCUT2D eigenvalue weighted by molar-refractivity contribution is -0.117. The van der Waals surface area contributed by atoms with Crippen molar-refractivity contribution in [2.24, 2.45) is 10.1 Å². The smallest absolute Gasteiger partial charge is 0.164 e. The second-order valence-corrected chi connectivity index (χ2v) is 11.9. The van der Waals surface area contributed by atoms with Gasteiger partial charge in [0.2, 0.25) is 0 Å². The Kier molecular flexibility index (Phi) is 38.0. The summed E-state index contributed by atoms with van der Waals surface area (Å²) in [6.07, 6.45) is 17.6. The van der Waals surface area contributed by atoms with E-state index < -0.39 is 0 Å². The molecule has 0 aromatic carbocycles. The number of aliphatic imine (C=N–C) groups is 1. The van der Waals surface area contributed by atoms with E-state index in [1.807, 2.05) is 30.5 Å². The van der Waals surface area contributed by atoms with Crippen LogP contribution in [0.5, 0.6) is 0 Å². The topological polar surface area (TPSA) is 101 Å². The summed E-state index contributed by atoms with van der Waals surface area (Å²) in [5.41, 5.74) is 3.26. The van der Waals surface area contributed by atoms with Crippen molar-refractivity contribution in [1.82, 2.24) is 4.98 Å². The number of aromatic nitrogens is 1. The van der Waals surface area contributed by atoms with E-state index in [1.54, 1.807) is 53.6 Å². The Balaban J connectivity index is -0.000000492. The molecule has 0 radical (unpaired) electrons. The molecule has 0 fully saturated rings. The number of ketones is 3. The van der Waals surface area contributed by atoms with Crippen molar-refractivity contribution < 1.29 is 14.4 Å². The second kappa shape index (κ2) is 35.5. The van der Waals surface area contributed by atoms with Crippen LogP contribution in [-0.4, -0.2) is 90.3 Å². The van der Waals surface area contributed by atoms with Crippen molar-refractivity contribution in [1.29, 1.82) is 0 Å². The van der Waals surface area contributed by atoms with Crippen LogP contribution >= 0.6 is 47.0 Å². The predicted molar refractivity (Wildman–Crippen MR) is 188 cm³/mol. The summed E-state index contributed by atoms with van der Waals surface area (Å²) in [6, 6.07) is 3.47. The van der Waals surface area contributed by atoms with Crippen LogP contribution in [0.4, 0.5) is 5.82 Å². The summed E-state index contributed by atoms with van der Waals surface area (Å²) in [7, 11) is 0. The third-order valence-corrected chi connectivity index (χ3v) is 7.31. The van der Waals surface area contributed by atoms with Gasteiger partial charge in [0.15, 0.2) is 17.3 Å². The fraction of sp³-hybridized carbons (Fsp3) is 0.586. The predicted octanol–water partition coefficient (Wildman–Crippen LogP) is 7.48. The minimum Gasteiger partial charge on any atom is -0.298 e. The van der Waals surface area contributed by atoms with Crippen molar-refractivity contribution >= 4 is 83.7 Å². The van der Waals surface area contributed by atoms with Gasteiger partial charge in [0, 0.05) is 37.7 Å². The Morgan fingerprint density at radius 1 is 0.875 bits per heavy atom. The molecule has 1 heterocycles. The van der Waals surface area contributed by atoms with Gasteiger partial charge in [0.25, 0.3) is 0 Å². The first kappa shape index (κ1) is 42.9. The minimum absolute atomic E-state index is 0.139. The van der Waals surface area contributed by atoms with Crippen LogP contribution in [0.15, 0.2) is 41.1 Å². The number of nitrogens with one attached hydrogen (secondary N) is 1. The zero-order valence-corrected chi connectivity index (χ0v) is 28.4. The van der Waals surface area contributed by atoms with E-state index in [1.165, 1.54) is 24.7 Å². The van der Waals surface area contributed by atoms with Crippen molar-refractivity contribution in [3.63, 3.8) is 0 Å². The molecule has 0 bridgehead atoms.